The zero-order chi connectivity index (χ0) is 19.8. The largest absolute Gasteiger partial charge is 0.494 e. The molecule has 0 radical (unpaired) electrons. The SMILES string of the molecule is CCCOc1cccc(C(=O)NCc2ccc(N3CCN(CC)CC3)nc2)c1. The third-order valence-electron chi connectivity index (χ3n) is 4.97. The molecule has 0 aliphatic carbocycles. The van der Waals surface area contributed by atoms with Crippen LogP contribution in [0.5, 0.6) is 5.75 Å². The van der Waals surface area contributed by atoms with Crippen molar-refractivity contribution in [1.29, 1.82) is 0 Å². The molecule has 1 aliphatic rings. The van der Waals surface area contributed by atoms with Gasteiger partial charge in [0.2, 0.25) is 0 Å². The van der Waals surface area contributed by atoms with E-state index < -0.39 is 0 Å². The van der Waals surface area contributed by atoms with Crippen molar-refractivity contribution >= 4 is 11.7 Å². The molecule has 0 unspecified atom stereocenters. The van der Waals surface area contributed by atoms with Crippen LogP contribution in [0.25, 0.3) is 0 Å². The maximum absolute atomic E-state index is 12.4. The van der Waals surface area contributed by atoms with Crippen molar-refractivity contribution < 1.29 is 9.53 Å². The highest BCUT2D eigenvalue weighted by Gasteiger charge is 2.16. The van der Waals surface area contributed by atoms with Gasteiger partial charge in [-0.3, -0.25) is 4.79 Å². The van der Waals surface area contributed by atoms with Crippen molar-refractivity contribution in [1.82, 2.24) is 15.2 Å². The first-order valence-corrected chi connectivity index (χ1v) is 10.1. The fourth-order valence-corrected chi connectivity index (χ4v) is 3.23. The monoisotopic (exact) mass is 382 g/mol. The third kappa shape index (κ3) is 5.45. The first-order valence-electron chi connectivity index (χ1n) is 10.1. The fourth-order valence-electron chi connectivity index (χ4n) is 3.23. The minimum absolute atomic E-state index is 0.110. The zero-order valence-electron chi connectivity index (χ0n) is 16.9. The number of pyridine rings is 1. The van der Waals surface area contributed by atoms with Gasteiger partial charge in [-0.2, -0.15) is 0 Å². The molecular formula is C22H30N4O2. The Kier molecular flexibility index (Phi) is 7.25. The predicted molar refractivity (Wildman–Crippen MR) is 112 cm³/mol. The molecule has 1 aromatic heterocycles. The molecule has 2 aromatic rings. The molecule has 1 fully saturated rings. The van der Waals surface area contributed by atoms with E-state index in [0.717, 1.165) is 56.3 Å². The van der Waals surface area contributed by atoms with Gasteiger partial charge in [-0.1, -0.05) is 26.0 Å². The lowest BCUT2D eigenvalue weighted by Crippen LogP contribution is -2.46. The van der Waals surface area contributed by atoms with Crippen LogP contribution in [0.3, 0.4) is 0 Å². The van der Waals surface area contributed by atoms with Gasteiger partial charge >= 0.3 is 0 Å². The van der Waals surface area contributed by atoms with Crippen molar-refractivity contribution in [3.63, 3.8) is 0 Å². The molecule has 0 atom stereocenters. The highest BCUT2D eigenvalue weighted by molar-refractivity contribution is 5.94. The number of amides is 1. The molecular weight excluding hydrogens is 352 g/mol. The topological polar surface area (TPSA) is 57.7 Å². The minimum atomic E-state index is -0.110. The number of anilines is 1. The third-order valence-corrected chi connectivity index (χ3v) is 4.97. The molecule has 1 amide bonds. The van der Waals surface area contributed by atoms with Gasteiger partial charge in [0.1, 0.15) is 11.6 Å². The van der Waals surface area contributed by atoms with Crippen molar-refractivity contribution in [2.24, 2.45) is 0 Å². The van der Waals surface area contributed by atoms with E-state index in [1.165, 1.54) is 0 Å². The number of hydrogen-bond acceptors (Lipinski definition) is 5. The van der Waals surface area contributed by atoms with Crippen molar-refractivity contribution in [2.75, 3.05) is 44.2 Å². The van der Waals surface area contributed by atoms with Gasteiger partial charge in [-0.25, -0.2) is 4.98 Å². The molecule has 0 bridgehead atoms. The van der Waals surface area contributed by atoms with Gasteiger partial charge in [-0.05, 0) is 42.8 Å². The zero-order valence-corrected chi connectivity index (χ0v) is 16.9. The Labute approximate surface area is 167 Å². The van der Waals surface area contributed by atoms with E-state index in [2.05, 4.69) is 33.9 Å². The Balaban J connectivity index is 1.51. The summed E-state index contributed by atoms with van der Waals surface area (Å²) in [6.07, 6.45) is 2.79. The number of hydrogen-bond donors (Lipinski definition) is 1. The van der Waals surface area contributed by atoms with Gasteiger partial charge in [0, 0.05) is 44.5 Å². The number of ether oxygens (including phenoxy) is 1. The van der Waals surface area contributed by atoms with E-state index in [-0.39, 0.29) is 5.91 Å². The average Bonchev–Trinajstić information content (AvgIpc) is 2.76. The van der Waals surface area contributed by atoms with Crippen LogP contribution in [0.2, 0.25) is 0 Å². The normalized spacial score (nSPS) is 14.7. The highest BCUT2D eigenvalue weighted by Crippen LogP contribution is 2.15. The molecule has 150 valence electrons. The Morgan fingerprint density at radius 2 is 1.96 bits per heavy atom. The summed E-state index contributed by atoms with van der Waals surface area (Å²) in [6.45, 7) is 10.6. The van der Waals surface area contributed by atoms with Crippen LogP contribution in [0, 0.1) is 0 Å². The van der Waals surface area contributed by atoms with E-state index in [4.69, 9.17) is 4.74 Å². The van der Waals surface area contributed by atoms with Gasteiger partial charge in [-0.15, -0.1) is 0 Å². The maximum atomic E-state index is 12.4. The molecule has 6 heteroatoms. The summed E-state index contributed by atoms with van der Waals surface area (Å²) in [4.78, 5) is 21.8. The van der Waals surface area contributed by atoms with Gasteiger partial charge in [0.25, 0.3) is 5.91 Å². The molecule has 1 aliphatic heterocycles. The summed E-state index contributed by atoms with van der Waals surface area (Å²) in [7, 11) is 0. The minimum Gasteiger partial charge on any atom is -0.494 e. The number of rotatable bonds is 8. The standard InChI is InChI=1S/C22H30N4O2/c1-3-14-28-20-7-5-6-19(15-20)22(27)24-17-18-8-9-21(23-16-18)26-12-10-25(4-2)11-13-26/h5-9,15-16H,3-4,10-14,17H2,1-2H3,(H,24,27). The predicted octanol–water partition coefficient (Wildman–Crippen LogP) is 2.94. The summed E-state index contributed by atoms with van der Waals surface area (Å²) >= 11 is 0. The average molecular weight is 383 g/mol. The van der Waals surface area contributed by atoms with Crippen molar-refractivity contribution in [3.05, 3.63) is 53.7 Å². The van der Waals surface area contributed by atoms with E-state index >= 15 is 0 Å². The van der Waals surface area contributed by atoms with Crippen LogP contribution < -0.4 is 15.0 Å². The molecule has 0 saturated carbocycles. The van der Waals surface area contributed by atoms with Crippen molar-refractivity contribution in [2.45, 2.75) is 26.8 Å². The van der Waals surface area contributed by atoms with Crippen LogP contribution in [-0.2, 0) is 6.54 Å². The Hall–Kier alpha value is -2.60. The molecule has 28 heavy (non-hydrogen) atoms. The number of likely N-dealkylation sites (N-methyl/N-ethyl adjacent to an activating group) is 1. The summed E-state index contributed by atoms with van der Waals surface area (Å²) in [5.74, 6) is 1.62. The van der Waals surface area contributed by atoms with Crippen LogP contribution in [0.1, 0.15) is 36.2 Å². The lowest BCUT2D eigenvalue weighted by atomic mass is 10.2. The lowest BCUT2D eigenvalue weighted by Gasteiger charge is -2.34. The number of carbonyl (C=O) groups excluding carboxylic acids is 1. The number of nitrogens with one attached hydrogen (secondary N) is 1. The van der Waals surface area contributed by atoms with Crippen LogP contribution >= 0.6 is 0 Å². The molecule has 1 aromatic carbocycles. The van der Waals surface area contributed by atoms with Gasteiger partial charge in [0.15, 0.2) is 0 Å². The van der Waals surface area contributed by atoms with E-state index in [0.29, 0.717) is 18.7 Å². The van der Waals surface area contributed by atoms with E-state index in [9.17, 15) is 4.79 Å². The number of aromatic nitrogens is 1. The summed E-state index contributed by atoms with van der Waals surface area (Å²) in [5.41, 5.74) is 1.59. The molecule has 2 heterocycles. The number of benzene rings is 1. The van der Waals surface area contributed by atoms with E-state index in [1.54, 1.807) is 12.1 Å². The molecule has 0 spiro atoms. The quantitative estimate of drug-likeness (QED) is 0.761. The second-order valence-corrected chi connectivity index (χ2v) is 7.00. The number of nitrogens with zero attached hydrogens (tertiary/aromatic N) is 3. The number of piperazine rings is 1. The number of carbonyl (C=O) groups is 1. The Morgan fingerprint density at radius 1 is 1.14 bits per heavy atom. The molecule has 1 N–H and O–H groups in total. The maximum Gasteiger partial charge on any atom is 0.251 e. The first kappa shape index (κ1) is 20.1. The van der Waals surface area contributed by atoms with E-state index in [1.807, 2.05) is 30.5 Å². The summed E-state index contributed by atoms with van der Waals surface area (Å²) < 4.78 is 5.60. The Morgan fingerprint density at radius 3 is 2.64 bits per heavy atom. The highest BCUT2D eigenvalue weighted by atomic mass is 16.5. The summed E-state index contributed by atoms with van der Waals surface area (Å²) in [5, 5.41) is 2.96. The fraction of sp³-hybridized carbons (Fsp3) is 0.455. The second-order valence-electron chi connectivity index (χ2n) is 7.00. The smallest absolute Gasteiger partial charge is 0.251 e. The first-order chi connectivity index (χ1) is 13.7. The van der Waals surface area contributed by atoms with Crippen LogP contribution in [0.15, 0.2) is 42.6 Å². The molecule has 1 saturated heterocycles. The Bertz CT molecular complexity index is 755. The van der Waals surface area contributed by atoms with Gasteiger partial charge < -0.3 is 19.9 Å². The second kappa shape index (κ2) is 10.1. The van der Waals surface area contributed by atoms with Crippen LogP contribution in [-0.4, -0.2) is 55.1 Å². The van der Waals surface area contributed by atoms with Crippen molar-refractivity contribution in [3.8, 4) is 5.75 Å². The lowest BCUT2D eigenvalue weighted by molar-refractivity contribution is 0.0950. The molecule has 6 nitrogen and oxygen atoms in total. The van der Waals surface area contributed by atoms with Gasteiger partial charge in [0.05, 0.1) is 6.61 Å². The molecule has 3 rings (SSSR count). The van der Waals surface area contributed by atoms with Crippen LogP contribution in [0.4, 0.5) is 5.82 Å². The summed E-state index contributed by atoms with van der Waals surface area (Å²) in [6, 6.07) is 11.4.